The van der Waals surface area contributed by atoms with Gasteiger partial charge in [-0.2, -0.15) is 0 Å². The third kappa shape index (κ3) is 47.1. The van der Waals surface area contributed by atoms with Crippen molar-refractivity contribution in [2.75, 3.05) is 78.7 Å². The minimum absolute atomic E-state index is 0.0210. The van der Waals surface area contributed by atoms with Crippen LogP contribution < -0.4 is 102 Å². The van der Waals surface area contributed by atoms with E-state index in [-0.39, 0.29) is 133 Å². The predicted octanol–water partition coefficient (Wildman–Crippen LogP) is 1.00. The number of aromatic nitrogens is 3. The molecule has 1 heterocycles. The van der Waals surface area contributed by atoms with Crippen LogP contribution in [-0.2, 0) is 122 Å². The van der Waals surface area contributed by atoms with Crippen molar-refractivity contribution in [2.45, 2.75) is 252 Å². The Morgan fingerprint density at radius 3 is 0.917 bits per heavy atom. The van der Waals surface area contributed by atoms with Crippen LogP contribution in [0.3, 0.4) is 0 Å². The van der Waals surface area contributed by atoms with Crippen molar-refractivity contribution in [1.29, 1.82) is 0 Å². The number of nitrogens with one attached hydrogen (secondary N) is 17. The Morgan fingerprint density at radius 1 is 0.347 bits per heavy atom. The number of amides is 15. The Morgan fingerprint density at radius 2 is 0.625 bits per heavy atom. The minimum Gasteiger partial charge on any atom is -0.379 e. The Balaban J connectivity index is 1.27. The van der Waals surface area contributed by atoms with Gasteiger partial charge in [0.25, 0.3) is 0 Å². The molecule has 5 aromatic carbocycles. The summed E-state index contributed by atoms with van der Waals surface area (Å²) in [5.74, 6) is -12.3. The van der Waals surface area contributed by atoms with Gasteiger partial charge in [-0.3, -0.25) is 71.9 Å². The Labute approximate surface area is 844 Å². The van der Waals surface area contributed by atoms with Crippen molar-refractivity contribution in [3.05, 3.63) is 202 Å². The SMILES string of the molecule is CCNC(=O)[C@H](CC(=O)NCCNCC[NH3+])NC(=O)[C@@H](CC(=O)NCCNCC[NH3+])NC(=O)[C@@H](Cc1ccccc1)NC(=O)[C@@H](Cc1ccccc1)NC(=O)[C@@H](Cc1ccccc1)NC(=O)[C@@H](Cc1ccccc1)NC(=O)[C@H](Cc1ccccc1)NC(=O)[C@H](CC(C)C)NC(=O)[C@H](CC(C)C)NC(=O)[C@H](CC(C)C)NC(=O)[C@H](CC(C)C)NC(=O)[C@@H](CC(C)C)NC(=O)CCCc1cn(CCOCCN=[N+]=[N-])nn1. The molecule has 6 aromatic rings. The van der Waals surface area contributed by atoms with Gasteiger partial charge in [-0.25, -0.2) is 4.68 Å². The maximum atomic E-state index is 15.7. The smallest absolute Gasteiger partial charge is 0.243 e. The zero-order valence-corrected chi connectivity index (χ0v) is 85.3. The van der Waals surface area contributed by atoms with Gasteiger partial charge in [0, 0.05) is 102 Å². The average Bonchev–Trinajstić information content (AvgIpc) is 0.902. The number of hydrogen-bond acceptors (Lipinski definition) is 21. The molecule has 0 saturated carbocycles. The number of aryl methyl sites for hydroxylation is 1. The number of ether oxygens (including phenoxy) is 1. The molecule has 41 nitrogen and oxygen atoms in total. The van der Waals surface area contributed by atoms with Crippen LogP contribution in [-0.4, -0.2) is 255 Å². The number of carbonyl (C=O) groups excluding carboxylic acids is 15. The maximum Gasteiger partial charge on any atom is 0.243 e. The number of azide groups is 1. The molecule has 0 spiro atoms. The first-order valence-corrected chi connectivity index (χ1v) is 50.2. The van der Waals surface area contributed by atoms with Crippen molar-refractivity contribution in [3.63, 3.8) is 0 Å². The van der Waals surface area contributed by atoms with Crippen LogP contribution in [0, 0.1) is 29.6 Å². The van der Waals surface area contributed by atoms with Crippen LogP contribution in [0.5, 0.6) is 0 Å². The number of quaternary nitrogens is 2. The van der Waals surface area contributed by atoms with Gasteiger partial charge < -0.3 is 107 Å². The van der Waals surface area contributed by atoms with E-state index in [1.165, 1.54) is 0 Å². The predicted molar refractivity (Wildman–Crippen MR) is 544 cm³/mol. The molecular weight excluding hydrogens is 1840 g/mol. The van der Waals surface area contributed by atoms with E-state index in [0.717, 1.165) is 0 Å². The van der Waals surface area contributed by atoms with E-state index in [2.05, 4.69) is 122 Å². The molecule has 23 N–H and O–H groups in total. The zero-order valence-electron chi connectivity index (χ0n) is 85.3. The molecule has 0 aliphatic rings. The van der Waals surface area contributed by atoms with Gasteiger partial charge in [-0.05, 0) is 115 Å². The molecule has 0 bridgehead atoms. The molecule has 0 radical (unpaired) electrons. The first-order valence-electron chi connectivity index (χ1n) is 50.2. The number of nitrogens with zero attached hydrogens (tertiary/aromatic N) is 6. The summed E-state index contributed by atoms with van der Waals surface area (Å²) in [4.78, 5) is 224. The van der Waals surface area contributed by atoms with Crippen LogP contribution in [0.15, 0.2) is 163 Å². The van der Waals surface area contributed by atoms with E-state index in [1.54, 1.807) is 169 Å². The minimum atomic E-state index is -1.73. The van der Waals surface area contributed by atoms with E-state index < -0.39 is 174 Å². The first-order chi connectivity index (χ1) is 69.0. The summed E-state index contributed by atoms with van der Waals surface area (Å²) in [5.41, 5.74) is 19.5. The van der Waals surface area contributed by atoms with Crippen LogP contribution >= 0.6 is 0 Å². The van der Waals surface area contributed by atoms with Crippen LogP contribution in [0.25, 0.3) is 10.4 Å². The van der Waals surface area contributed by atoms with Gasteiger partial charge >= 0.3 is 0 Å². The van der Waals surface area contributed by atoms with Gasteiger partial charge in [0.1, 0.15) is 72.5 Å². The fourth-order valence-corrected chi connectivity index (χ4v) is 15.8. The summed E-state index contributed by atoms with van der Waals surface area (Å²) in [6, 6.07) is 26.4. The third-order valence-electron chi connectivity index (χ3n) is 22.9. The van der Waals surface area contributed by atoms with Gasteiger partial charge in [-0.15, -0.1) is 5.10 Å². The highest BCUT2D eigenvalue weighted by Crippen LogP contribution is 2.19. The summed E-state index contributed by atoms with van der Waals surface area (Å²) < 4.78 is 7.07. The molecule has 15 amide bonds. The highest BCUT2D eigenvalue weighted by molar-refractivity contribution is 6.01. The summed E-state index contributed by atoms with van der Waals surface area (Å²) in [6.07, 6.45) is 1.03. The van der Waals surface area contributed by atoms with Crippen LogP contribution in [0.2, 0.25) is 0 Å². The standard InChI is InChI=1S/C103H153N25O16/c1-12-109-92(132)87(63-90(130)110-47-45-107-43-41-104)123-103(143)88(64-91(131)111-48-46-108-44-42-105)124-102(142)86(62-75-37-26-17-27-38-75)122-101(141)85(61-74-35-24-16-25-36-74)121-100(140)84(60-73-33-22-15-23-34-73)120-99(139)83(59-72-31-20-14-21-32-72)119-98(138)82(58-71-29-18-13-19-30-71)118-97(137)81(57-70(10)11)117-96(136)80(56-69(8)9)116-95(135)79(55-68(6)7)115-94(134)78(54-67(4)5)114-93(133)77(53-66(2)3)113-89(129)40-28-39-76-65-128(127-125-76)50-52-144-51-49-112-126-106/h13-27,29-38,65-70,77-88,107-108H,12,28,39-64,104-105H2,1-11H3,(H,109,132)(H,110,130)(H,111,131)(H,113,129)(H,114,133)(H,115,134)(H,116,135)(H,117,136)(H,118,137)(H,119,138)(H,120,139)(H,121,140)(H,122,141)(H,123,143)(H,124,142)/p+2/t77-,78+,79+,80+,81+,82+,83-,84-,85-,86-,87+,88-/m1/s1. The van der Waals surface area contributed by atoms with Crippen molar-refractivity contribution in [1.82, 2.24) is 105 Å². The second-order valence-corrected chi connectivity index (χ2v) is 38.0. The van der Waals surface area contributed by atoms with E-state index in [0.29, 0.717) is 98.8 Å². The fraction of sp³-hybridized carbons (Fsp3) is 0.544. The first kappa shape index (κ1) is 119. The highest BCUT2D eigenvalue weighted by Gasteiger charge is 2.40. The monoisotopic (exact) mass is 2000 g/mol. The number of rotatable bonds is 69. The third-order valence-corrected chi connectivity index (χ3v) is 22.9. The number of hydrogen-bond donors (Lipinski definition) is 19. The molecule has 0 aliphatic carbocycles. The largest absolute Gasteiger partial charge is 0.379 e. The van der Waals surface area contributed by atoms with Crippen molar-refractivity contribution in [2.24, 2.45) is 34.7 Å². The Bertz CT molecular complexity index is 5020. The van der Waals surface area contributed by atoms with Crippen molar-refractivity contribution >= 4 is 88.6 Å². The summed E-state index contributed by atoms with van der Waals surface area (Å²) in [7, 11) is 0. The average molecular weight is 2000 g/mol. The number of carbonyl (C=O) groups is 15. The quantitative estimate of drug-likeness (QED) is 0.0110. The van der Waals surface area contributed by atoms with Crippen molar-refractivity contribution < 1.29 is 88.1 Å². The summed E-state index contributed by atoms with van der Waals surface area (Å²) >= 11 is 0. The Hall–Kier alpha value is -13.6. The molecule has 41 heteroatoms. The molecule has 786 valence electrons. The topological polar surface area (TPSA) is 605 Å². The van der Waals surface area contributed by atoms with Crippen LogP contribution in [0.4, 0.5) is 0 Å². The summed E-state index contributed by atoms with van der Waals surface area (Å²) in [5, 5.41) is 60.2. The molecule has 12 atom stereocenters. The lowest BCUT2D eigenvalue weighted by Crippen LogP contribution is -2.62. The van der Waals surface area contributed by atoms with Gasteiger partial charge in [-0.1, -0.05) is 231 Å². The lowest BCUT2D eigenvalue weighted by Gasteiger charge is -2.30. The normalized spacial score (nSPS) is 13.7. The highest BCUT2D eigenvalue weighted by atomic mass is 16.5. The Kier molecular flexibility index (Phi) is 54.8. The zero-order chi connectivity index (χ0) is 105. The molecule has 144 heavy (non-hydrogen) atoms. The van der Waals surface area contributed by atoms with Gasteiger partial charge in [0.2, 0.25) is 88.6 Å². The molecular formula is C103H155N25O16+2. The van der Waals surface area contributed by atoms with Crippen LogP contribution in [0.1, 0.15) is 167 Å². The maximum absolute atomic E-state index is 15.7. The molecule has 0 unspecified atom stereocenters. The molecule has 6 rings (SSSR count). The van der Waals surface area contributed by atoms with E-state index >= 15 is 33.6 Å². The van der Waals surface area contributed by atoms with Gasteiger partial charge in [0.05, 0.1) is 51.4 Å². The molecule has 1 aromatic heterocycles. The van der Waals surface area contributed by atoms with E-state index in [9.17, 15) is 38.4 Å². The summed E-state index contributed by atoms with van der Waals surface area (Å²) in [6.45, 7) is 24.9. The second kappa shape index (κ2) is 66.3. The molecule has 0 aliphatic heterocycles. The van der Waals surface area contributed by atoms with Crippen molar-refractivity contribution in [3.8, 4) is 0 Å². The second-order valence-electron chi connectivity index (χ2n) is 38.0. The van der Waals surface area contributed by atoms with Gasteiger partial charge in [0.15, 0.2) is 0 Å². The lowest BCUT2D eigenvalue weighted by molar-refractivity contribution is -0.365. The lowest BCUT2D eigenvalue weighted by atomic mass is 9.97. The number of benzene rings is 5. The van der Waals surface area contributed by atoms with E-state index in [1.807, 2.05) is 69.2 Å². The fourth-order valence-electron chi connectivity index (χ4n) is 15.8. The molecule has 0 saturated heterocycles. The van der Waals surface area contributed by atoms with E-state index in [4.69, 9.17) is 10.3 Å². The molecule has 0 fully saturated rings. The number of likely N-dealkylation sites (N-methyl/N-ethyl adjacent to an activating group) is 1.